The van der Waals surface area contributed by atoms with E-state index in [2.05, 4.69) is 0 Å². The first-order chi connectivity index (χ1) is 18.6. The number of alkyl halides is 6. The lowest BCUT2D eigenvalue weighted by molar-refractivity contribution is -0.142. The third-order valence-corrected chi connectivity index (χ3v) is 8.16. The quantitative estimate of drug-likeness (QED) is 0.356. The van der Waals surface area contributed by atoms with Crippen LogP contribution in [-0.4, -0.2) is 34.7 Å². The van der Waals surface area contributed by atoms with Crippen molar-refractivity contribution in [3.05, 3.63) is 64.2 Å². The fourth-order valence-electron chi connectivity index (χ4n) is 5.37. The van der Waals surface area contributed by atoms with Crippen LogP contribution in [0.2, 0.25) is 0 Å². The predicted octanol–water partition coefficient (Wildman–Crippen LogP) is 8.08. The minimum absolute atomic E-state index is 0.164. The Morgan fingerprint density at radius 3 is 2.23 bits per heavy atom. The molecule has 40 heavy (non-hydrogen) atoms. The van der Waals surface area contributed by atoms with Crippen molar-refractivity contribution in [1.82, 2.24) is 4.90 Å². The summed E-state index contributed by atoms with van der Waals surface area (Å²) in [5, 5.41) is 9.18. The normalized spacial score (nSPS) is 23.3. The standard InChI is InChI=1S/C27H29F6NO3.C3H6/c1-15(24(35)36)10-17-4-5-18-8-9-25(37-23(18)11-17)13-20(14-25)34(3)16(2)21-12-19(26(28,29)30)6-7-22(21)27(31,32)33;1-2-3-1/h4-7,11-12,15-16,20H,8-10,13-14H2,1-3H3,(H,35,36);1-3H2. The van der Waals surface area contributed by atoms with E-state index in [1.807, 2.05) is 18.2 Å². The highest BCUT2D eigenvalue weighted by Crippen LogP contribution is 2.49. The summed E-state index contributed by atoms with van der Waals surface area (Å²) in [5.74, 6) is -0.743. The molecule has 2 saturated carbocycles. The van der Waals surface area contributed by atoms with Gasteiger partial charge in [-0.25, -0.2) is 0 Å². The number of rotatable bonds is 6. The van der Waals surface area contributed by atoms with Crippen molar-refractivity contribution >= 4 is 5.97 Å². The average molecular weight is 572 g/mol. The summed E-state index contributed by atoms with van der Waals surface area (Å²) in [4.78, 5) is 12.9. The Morgan fingerprint density at radius 2 is 1.68 bits per heavy atom. The second-order valence-electron chi connectivity index (χ2n) is 11.4. The molecule has 0 radical (unpaired) electrons. The highest BCUT2D eigenvalue weighted by Gasteiger charge is 2.50. The van der Waals surface area contributed by atoms with E-state index >= 15 is 0 Å². The summed E-state index contributed by atoms with van der Waals surface area (Å²) in [6, 6.07) is 6.20. The van der Waals surface area contributed by atoms with Gasteiger partial charge in [-0.3, -0.25) is 9.69 Å². The van der Waals surface area contributed by atoms with Crippen LogP contribution in [0.25, 0.3) is 0 Å². The Hall–Kier alpha value is -2.75. The number of carboxylic acid groups (broad SMARTS) is 1. The number of hydrogen-bond acceptors (Lipinski definition) is 3. The summed E-state index contributed by atoms with van der Waals surface area (Å²) >= 11 is 0. The lowest BCUT2D eigenvalue weighted by Crippen LogP contribution is -2.58. The van der Waals surface area contributed by atoms with Crippen molar-refractivity contribution in [3.8, 4) is 5.75 Å². The van der Waals surface area contributed by atoms with E-state index in [1.165, 1.54) is 26.2 Å². The first kappa shape index (κ1) is 30.2. The van der Waals surface area contributed by atoms with Gasteiger partial charge in [0.2, 0.25) is 0 Å². The van der Waals surface area contributed by atoms with Crippen LogP contribution in [0.5, 0.6) is 5.75 Å². The zero-order valence-corrected chi connectivity index (χ0v) is 22.8. The number of aryl methyl sites for hydroxylation is 1. The van der Waals surface area contributed by atoms with Gasteiger partial charge in [0.15, 0.2) is 0 Å². The highest BCUT2D eigenvalue weighted by molar-refractivity contribution is 5.70. The molecule has 2 fully saturated rings. The molecule has 1 spiro atoms. The van der Waals surface area contributed by atoms with E-state index in [4.69, 9.17) is 4.74 Å². The maximum atomic E-state index is 13.6. The lowest BCUT2D eigenvalue weighted by atomic mass is 9.70. The summed E-state index contributed by atoms with van der Waals surface area (Å²) in [6.07, 6.45) is -2.13. The van der Waals surface area contributed by atoms with Crippen LogP contribution in [0.15, 0.2) is 36.4 Å². The van der Waals surface area contributed by atoms with Gasteiger partial charge < -0.3 is 9.84 Å². The molecule has 0 amide bonds. The molecule has 1 N–H and O–H groups in total. The molecule has 2 aromatic carbocycles. The monoisotopic (exact) mass is 571 g/mol. The van der Waals surface area contributed by atoms with Gasteiger partial charge in [0.25, 0.3) is 0 Å². The van der Waals surface area contributed by atoms with Crippen LogP contribution in [0.4, 0.5) is 26.3 Å². The second kappa shape index (κ2) is 11.3. The SMILES string of the molecule is C1CC1.CC(Cc1ccc2c(c1)OC1(CC2)CC(N(C)C(C)c2cc(C(F)(F)F)ccc2C(F)(F)F)C1)C(=O)O. The number of ether oxygens (including phenoxy) is 1. The van der Waals surface area contributed by atoms with Crippen LogP contribution in [0.3, 0.4) is 0 Å². The van der Waals surface area contributed by atoms with Crippen LogP contribution in [0, 0.1) is 5.92 Å². The molecular formula is C30H35F6NO3. The highest BCUT2D eigenvalue weighted by atomic mass is 19.4. The molecule has 10 heteroatoms. The smallest absolute Gasteiger partial charge is 0.416 e. The van der Waals surface area contributed by atoms with E-state index in [-0.39, 0.29) is 6.04 Å². The zero-order valence-electron chi connectivity index (χ0n) is 22.8. The molecule has 2 atom stereocenters. The molecule has 3 aliphatic rings. The third kappa shape index (κ3) is 6.93. The minimum atomic E-state index is -4.78. The number of aliphatic carboxylic acids is 1. The molecule has 220 valence electrons. The van der Waals surface area contributed by atoms with Crippen molar-refractivity contribution in [2.24, 2.45) is 5.92 Å². The third-order valence-electron chi connectivity index (χ3n) is 8.16. The van der Waals surface area contributed by atoms with E-state index in [1.54, 1.807) is 18.9 Å². The molecule has 2 aliphatic carbocycles. The van der Waals surface area contributed by atoms with E-state index < -0.39 is 52.6 Å². The number of carbonyl (C=O) groups is 1. The molecule has 4 nitrogen and oxygen atoms in total. The number of benzene rings is 2. The fourth-order valence-corrected chi connectivity index (χ4v) is 5.37. The van der Waals surface area contributed by atoms with Gasteiger partial charge in [0, 0.05) is 24.9 Å². The van der Waals surface area contributed by atoms with Crippen LogP contribution < -0.4 is 4.74 Å². The molecule has 0 aromatic heterocycles. The number of fused-ring (bicyclic) bond motifs is 1. The second-order valence-corrected chi connectivity index (χ2v) is 11.4. The number of carboxylic acids is 1. The first-order valence-electron chi connectivity index (χ1n) is 13.6. The molecular weight excluding hydrogens is 536 g/mol. The Balaban J connectivity index is 0.00000115. The molecule has 2 unspecified atom stereocenters. The maximum absolute atomic E-state index is 13.6. The average Bonchev–Trinajstić information content (AvgIpc) is 3.74. The molecule has 2 aromatic rings. The van der Waals surface area contributed by atoms with Crippen molar-refractivity contribution in [3.63, 3.8) is 0 Å². The number of halogens is 6. The van der Waals surface area contributed by atoms with Crippen molar-refractivity contribution < 1.29 is 41.0 Å². The molecule has 1 aliphatic heterocycles. The Morgan fingerprint density at radius 1 is 1.02 bits per heavy atom. The largest absolute Gasteiger partial charge is 0.487 e. The molecule has 1 heterocycles. The Bertz CT molecular complexity index is 1210. The fraction of sp³-hybridized carbons (Fsp3) is 0.567. The first-order valence-corrected chi connectivity index (χ1v) is 13.6. The van der Waals surface area contributed by atoms with Gasteiger partial charge in [-0.15, -0.1) is 0 Å². The van der Waals surface area contributed by atoms with Gasteiger partial charge >= 0.3 is 18.3 Å². The molecule has 0 saturated heterocycles. The number of hydrogen-bond donors (Lipinski definition) is 1. The van der Waals surface area contributed by atoms with Crippen LogP contribution in [-0.2, 0) is 30.0 Å². The van der Waals surface area contributed by atoms with Gasteiger partial charge in [0.05, 0.1) is 17.0 Å². The topological polar surface area (TPSA) is 49.8 Å². The van der Waals surface area contributed by atoms with E-state index in [0.29, 0.717) is 43.2 Å². The Labute approximate surface area is 230 Å². The summed E-state index contributed by atoms with van der Waals surface area (Å²) in [6.45, 7) is 3.12. The lowest BCUT2D eigenvalue weighted by Gasteiger charge is -2.53. The van der Waals surface area contributed by atoms with Gasteiger partial charge in [0.1, 0.15) is 11.4 Å². The van der Waals surface area contributed by atoms with Gasteiger partial charge in [-0.2, -0.15) is 26.3 Å². The molecule has 5 rings (SSSR count). The van der Waals surface area contributed by atoms with E-state index in [0.717, 1.165) is 24.0 Å². The molecule has 0 bridgehead atoms. The van der Waals surface area contributed by atoms with Crippen molar-refractivity contribution in [2.75, 3.05) is 7.05 Å². The zero-order chi connectivity index (χ0) is 29.5. The van der Waals surface area contributed by atoms with Crippen molar-refractivity contribution in [1.29, 1.82) is 0 Å². The summed E-state index contributed by atoms with van der Waals surface area (Å²) in [5.41, 5.74) is -1.22. The number of nitrogens with zero attached hydrogens (tertiary/aromatic N) is 1. The summed E-state index contributed by atoms with van der Waals surface area (Å²) in [7, 11) is 1.63. The Kier molecular flexibility index (Phi) is 8.50. The predicted molar refractivity (Wildman–Crippen MR) is 138 cm³/mol. The van der Waals surface area contributed by atoms with Crippen molar-refractivity contribution in [2.45, 2.75) is 95.3 Å². The minimum Gasteiger partial charge on any atom is -0.487 e. The van der Waals surface area contributed by atoms with Gasteiger partial charge in [-0.1, -0.05) is 38.3 Å². The summed E-state index contributed by atoms with van der Waals surface area (Å²) < 4.78 is 87.0. The van der Waals surface area contributed by atoms with Crippen LogP contribution in [0.1, 0.15) is 86.2 Å². The van der Waals surface area contributed by atoms with Gasteiger partial charge in [-0.05, 0) is 74.2 Å². The van der Waals surface area contributed by atoms with E-state index in [9.17, 15) is 36.2 Å². The maximum Gasteiger partial charge on any atom is 0.416 e. The van der Waals surface area contributed by atoms with Crippen LogP contribution >= 0.6 is 0 Å².